The molecule has 2 aromatic rings. The lowest BCUT2D eigenvalue weighted by Crippen LogP contribution is -2.31. The van der Waals surface area contributed by atoms with Gasteiger partial charge in [0.1, 0.15) is 11.3 Å². The minimum Gasteiger partial charge on any atom is -0.508 e. The maximum atomic E-state index is 11.3. The number of anilines is 1. The Bertz CT molecular complexity index is 610. The van der Waals surface area contributed by atoms with Crippen molar-refractivity contribution in [3.63, 3.8) is 0 Å². The third-order valence-electron chi connectivity index (χ3n) is 2.36. The van der Waals surface area contributed by atoms with Crippen molar-refractivity contribution in [1.29, 1.82) is 0 Å². The average molecular weight is 252 g/mol. The summed E-state index contributed by atoms with van der Waals surface area (Å²) in [6.45, 7) is 0.107. The molecule has 18 heavy (non-hydrogen) atoms. The molecule has 1 heterocycles. The number of hydrogen-bond acceptors (Lipinski definition) is 7. The van der Waals surface area contributed by atoms with Crippen LogP contribution in [0.4, 0.5) is 5.69 Å². The molecule has 0 bridgehead atoms. The van der Waals surface area contributed by atoms with Crippen LogP contribution < -0.4 is 16.7 Å². The van der Waals surface area contributed by atoms with Crippen molar-refractivity contribution in [3.05, 3.63) is 34.7 Å². The zero-order valence-corrected chi connectivity index (χ0v) is 9.29. The van der Waals surface area contributed by atoms with Crippen LogP contribution in [0.15, 0.2) is 33.5 Å². The Labute approximate surface area is 101 Å². The standard InChI is InChI=1S/C11H12N2O5/c12-10(18-16)5-13-8-4-11(15)17-9-3-6(14)1-2-7(8)9/h1-4,10,13-14,16H,5,12H2. The van der Waals surface area contributed by atoms with Crippen LogP contribution in [0.1, 0.15) is 0 Å². The van der Waals surface area contributed by atoms with E-state index >= 15 is 0 Å². The van der Waals surface area contributed by atoms with E-state index in [9.17, 15) is 9.90 Å². The van der Waals surface area contributed by atoms with Crippen LogP contribution in [0.2, 0.25) is 0 Å². The number of phenols is 1. The van der Waals surface area contributed by atoms with Crippen molar-refractivity contribution < 1.29 is 19.7 Å². The van der Waals surface area contributed by atoms with Gasteiger partial charge in [0.25, 0.3) is 0 Å². The first-order chi connectivity index (χ1) is 8.60. The Morgan fingerprint density at radius 3 is 2.94 bits per heavy atom. The van der Waals surface area contributed by atoms with E-state index in [-0.39, 0.29) is 17.9 Å². The highest BCUT2D eigenvalue weighted by molar-refractivity contribution is 5.90. The second kappa shape index (κ2) is 5.05. The number of benzene rings is 1. The molecule has 1 aromatic heterocycles. The molecule has 2 rings (SSSR count). The predicted molar refractivity (Wildman–Crippen MR) is 64.3 cm³/mol. The van der Waals surface area contributed by atoms with Gasteiger partial charge in [-0.2, -0.15) is 0 Å². The largest absolute Gasteiger partial charge is 0.508 e. The summed E-state index contributed by atoms with van der Waals surface area (Å²) < 4.78 is 4.95. The van der Waals surface area contributed by atoms with Crippen LogP contribution >= 0.6 is 0 Å². The van der Waals surface area contributed by atoms with Crippen LogP contribution in [0.25, 0.3) is 11.0 Å². The minimum atomic E-state index is -0.913. The minimum absolute atomic E-state index is 0.00167. The zero-order chi connectivity index (χ0) is 13.1. The van der Waals surface area contributed by atoms with Crippen molar-refractivity contribution in [2.75, 3.05) is 11.9 Å². The Kier molecular flexibility index (Phi) is 3.47. The summed E-state index contributed by atoms with van der Waals surface area (Å²) in [5.41, 5.74) is 5.52. The quantitative estimate of drug-likeness (QED) is 0.273. The summed E-state index contributed by atoms with van der Waals surface area (Å²) in [7, 11) is 0. The Morgan fingerprint density at radius 2 is 2.22 bits per heavy atom. The number of nitrogens with one attached hydrogen (secondary N) is 1. The van der Waals surface area contributed by atoms with E-state index in [2.05, 4.69) is 10.2 Å². The molecule has 0 aliphatic rings. The zero-order valence-electron chi connectivity index (χ0n) is 9.29. The molecule has 0 fully saturated rings. The molecular formula is C11H12N2O5. The monoisotopic (exact) mass is 252 g/mol. The number of phenolic OH excluding ortho intramolecular Hbond substituents is 1. The lowest BCUT2D eigenvalue weighted by atomic mass is 10.2. The molecule has 7 nitrogen and oxygen atoms in total. The summed E-state index contributed by atoms with van der Waals surface area (Å²) >= 11 is 0. The Hall–Kier alpha value is -2.09. The first-order valence-electron chi connectivity index (χ1n) is 5.16. The van der Waals surface area contributed by atoms with Crippen LogP contribution in [-0.2, 0) is 4.89 Å². The molecule has 0 radical (unpaired) electrons. The van der Waals surface area contributed by atoms with E-state index in [1.807, 2.05) is 0 Å². The van der Waals surface area contributed by atoms with Crippen molar-refractivity contribution in [2.45, 2.75) is 6.23 Å². The lowest BCUT2D eigenvalue weighted by Gasteiger charge is -2.11. The SMILES string of the molecule is NC(CNc1cc(=O)oc2cc(O)ccc12)OO. The van der Waals surface area contributed by atoms with Gasteiger partial charge in [-0.15, -0.1) is 0 Å². The van der Waals surface area contributed by atoms with E-state index in [0.29, 0.717) is 11.1 Å². The number of rotatable bonds is 4. The molecule has 0 saturated carbocycles. The second-order valence-electron chi connectivity index (χ2n) is 3.68. The fourth-order valence-electron chi connectivity index (χ4n) is 1.55. The maximum Gasteiger partial charge on any atom is 0.338 e. The Morgan fingerprint density at radius 1 is 1.44 bits per heavy atom. The average Bonchev–Trinajstić information content (AvgIpc) is 2.34. The summed E-state index contributed by atoms with van der Waals surface area (Å²) in [6, 6.07) is 5.66. The first kappa shape index (κ1) is 12.4. The van der Waals surface area contributed by atoms with Crippen LogP contribution in [-0.4, -0.2) is 23.1 Å². The molecule has 1 aromatic carbocycles. The fraction of sp³-hybridized carbons (Fsp3) is 0.182. The number of hydrogen-bond donors (Lipinski definition) is 4. The van der Waals surface area contributed by atoms with Crippen molar-refractivity contribution in [3.8, 4) is 5.75 Å². The summed E-state index contributed by atoms with van der Waals surface area (Å²) in [5.74, 6) is -0.00167. The van der Waals surface area contributed by atoms with Gasteiger partial charge in [0, 0.05) is 17.5 Å². The normalized spacial score (nSPS) is 12.6. The maximum absolute atomic E-state index is 11.3. The highest BCUT2D eigenvalue weighted by Crippen LogP contribution is 2.24. The molecule has 0 aliphatic carbocycles. The highest BCUT2D eigenvalue weighted by atomic mass is 17.1. The molecule has 0 amide bonds. The van der Waals surface area contributed by atoms with E-state index in [0.717, 1.165) is 0 Å². The van der Waals surface area contributed by atoms with Gasteiger partial charge in [0.05, 0.1) is 12.2 Å². The molecule has 96 valence electrons. The summed E-state index contributed by atoms with van der Waals surface area (Å²) in [4.78, 5) is 15.2. The summed E-state index contributed by atoms with van der Waals surface area (Å²) in [6.07, 6.45) is -0.913. The van der Waals surface area contributed by atoms with E-state index in [1.54, 1.807) is 6.07 Å². The van der Waals surface area contributed by atoms with Gasteiger partial charge < -0.3 is 20.6 Å². The fourth-order valence-corrected chi connectivity index (χ4v) is 1.55. The van der Waals surface area contributed by atoms with E-state index < -0.39 is 11.9 Å². The number of nitrogens with two attached hydrogens (primary N) is 1. The van der Waals surface area contributed by atoms with Gasteiger partial charge in [0.2, 0.25) is 0 Å². The van der Waals surface area contributed by atoms with Crippen molar-refractivity contribution >= 4 is 16.7 Å². The van der Waals surface area contributed by atoms with Gasteiger partial charge in [-0.05, 0) is 12.1 Å². The van der Waals surface area contributed by atoms with Crippen LogP contribution in [0, 0.1) is 0 Å². The molecule has 7 heteroatoms. The van der Waals surface area contributed by atoms with E-state index in [4.69, 9.17) is 15.4 Å². The highest BCUT2D eigenvalue weighted by Gasteiger charge is 2.08. The molecule has 0 saturated heterocycles. The molecule has 1 unspecified atom stereocenters. The molecule has 0 spiro atoms. The third-order valence-corrected chi connectivity index (χ3v) is 2.36. The van der Waals surface area contributed by atoms with E-state index in [1.165, 1.54) is 18.2 Å². The van der Waals surface area contributed by atoms with Crippen LogP contribution in [0.3, 0.4) is 0 Å². The van der Waals surface area contributed by atoms with Gasteiger partial charge in [-0.1, -0.05) is 0 Å². The Balaban J connectivity index is 2.40. The smallest absolute Gasteiger partial charge is 0.338 e. The first-order valence-corrected chi connectivity index (χ1v) is 5.16. The lowest BCUT2D eigenvalue weighted by molar-refractivity contribution is -0.273. The molecule has 0 aliphatic heterocycles. The van der Waals surface area contributed by atoms with Gasteiger partial charge in [-0.25, -0.2) is 9.68 Å². The topological polar surface area (TPSA) is 118 Å². The second-order valence-corrected chi connectivity index (χ2v) is 3.68. The number of aromatic hydroxyl groups is 1. The molecule has 1 atom stereocenters. The van der Waals surface area contributed by atoms with Gasteiger partial charge >= 0.3 is 5.63 Å². The summed E-state index contributed by atoms with van der Waals surface area (Å²) in [5, 5.41) is 21.1. The van der Waals surface area contributed by atoms with Gasteiger partial charge in [-0.3, -0.25) is 5.26 Å². The van der Waals surface area contributed by atoms with Crippen LogP contribution in [0.5, 0.6) is 5.75 Å². The number of fused-ring (bicyclic) bond motifs is 1. The molecule has 5 N–H and O–H groups in total. The van der Waals surface area contributed by atoms with Gasteiger partial charge in [0.15, 0.2) is 6.23 Å². The van der Waals surface area contributed by atoms with Crippen molar-refractivity contribution in [1.82, 2.24) is 0 Å². The predicted octanol–water partition coefficient (Wildman–Crippen LogP) is 0.685. The molecular weight excluding hydrogens is 240 g/mol. The third kappa shape index (κ3) is 2.59. The van der Waals surface area contributed by atoms with Crippen molar-refractivity contribution in [2.24, 2.45) is 5.73 Å².